The van der Waals surface area contributed by atoms with Crippen LogP contribution in [0.2, 0.25) is 0 Å². The maximum absolute atomic E-state index is 8.07. The summed E-state index contributed by atoms with van der Waals surface area (Å²) >= 11 is 0. The second-order valence-electron chi connectivity index (χ2n) is 0.921. The molecule has 0 aliphatic rings. The van der Waals surface area contributed by atoms with E-state index < -0.39 is 0 Å². The molecule has 0 aromatic carbocycles. The molecule has 0 fully saturated rings. The van der Waals surface area contributed by atoms with Crippen molar-refractivity contribution in [3.05, 3.63) is 0 Å². The van der Waals surface area contributed by atoms with Crippen LogP contribution in [0.4, 0.5) is 0 Å². The SMILES string of the molecule is CCOCCO.[PbH2]. The van der Waals surface area contributed by atoms with Gasteiger partial charge in [-0.1, -0.05) is 0 Å². The molecule has 0 unspecified atom stereocenters. The summed E-state index contributed by atoms with van der Waals surface area (Å²) in [6, 6.07) is 0. The fourth-order valence-electron chi connectivity index (χ4n) is 0.209. The summed E-state index contributed by atoms with van der Waals surface area (Å²) in [6.07, 6.45) is 0. The second-order valence-corrected chi connectivity index (χ2v) is 0.921. The van der Waals surface area contributed by atoms with Crippen LogP contribution in [0, 0.1) is 0 Å². The zero-order valence-corrected chi connectivity index (χ0v) is 10.2. The number of hydrogen-bond donors (Lipinski definition) is 1. The molecule has 44 valence electrons. The molecule has 0 amide bonds. The molecule has 2 nitrogen and oxygen atoms in total. The molecular weight excluding hydrogens is 287 g/mol. The van der Waals surface area contributed by atoms with E-state index in [2.05, 4.69) is 0 Å². The van der Waals surface area contributed by atoms with E-state index in [4.69, 9.17) is 9.84 Å². The average Bonchev–Trinajstić information content (AvgIpc) is 1.61. The Labute approximate surface area is 64.0 Å². The van der Waals surface area contributed by atoms with Crippen molar-refractivity contribution in [2.24, 2.45) is 0 Å². The zero-order valence-electron chi connectivity index (χ0n) is 4.68. The van der Waals surface area contributed by atoms with E-state index in [9.17, 15) is 0 Å². The first-order valence-electron chi connectivity index (χ1n) is 2.10. The van der Waals surface area contributed by atoms with E-state index in [0.717, 1.165) is 0 Å². The van der Waals surface area contributed by atoms with Gasteiger partial charge in [-0.15, -0.1) is 0 Å². The number of aliphatic hydroxyl groups excluding tert-OH is 1. The van der Waals surface area contributed by atoms with Crippen LogP contribution in [-0.2, 0) is 4.74 Å². The van der Waals surface area contributed by atoms with Gasteiger partial charge in [-0.2, -0.15) is 0 Å². The summed E-state index contributed by atoms with van der Waals surface area (Å²) in [5.41, 5.74) is 0. The molecule has 0 aromatic heterocycles. The molecule has 2 radical (unpaired) electrons. The van der Waals surface area contributed by atoms with E-state index in [1.165, 1.54) is 0 Å². The number of aliphatic hydroxyl groups is 1. The Balaban J connectivity index is 0. The van der Waals surface area contributed by atoms with Crippen molar-refractivity contribution in [3.63, 3.8) is 0 Å². The van der Waals surface area contributed by atoms with Gasteiger partial charge in [0.2, 0.25) is 0 Å². The van der Waals surface area contributed by atoms with Gasteiger partial charge < -0.3 is 9.84 Å². The third kappa shape index (κ3) is 10.9. The Bertz CT molecular complexity index is 21.7. The van der Waals surface area contributed by atoms with Crippen LogP contribution in [0.3, 0.4) is 0 Å². The van der Waals surface area contributed by atoms with Crippen molar-refractivity contribution in [2.75, 3.05) is 19.8 Å². The van der Waals surface area contributed by atoms with E-state index in [-0.39, 0.29) is 33.9 Å². The van der Waals surface area contributed by atoms with Crippen LogP contribution < -0.4 is 0 Å². The molecule has 0 atom stereocenters. The molecule has 1 N–H and O–H groups in total. The van der Waals surface area contributed by atoms with Crippen LogP contribution in [0.1, 0.15) is 6.92 Å². The van der Waals surface area contributed by atoms with Gasteiger partial charge in [0.25, 0.3) is 0 Å². The molecule has 0 saturated carbocycles. The Morgan fingerprint density at radius 3 is 2.29 bits per heavy atom. The standard InChI is InChI=1S/C4H10O2.Pb.2H/c1-2-6-4-3-5;;;/h5H,2-4H2,1H3;;;. The molecule has 0 spiro atoms. The van der Waals surface area contributed by atoms with Gasteiger partial charge in [0.05, 0.1) is 13.2 Å². The number of ether oxygens (including phenoxy) is 1. The quantitative estimate of drug-likeness (QED) is 0.541. The van der Waals surface area contributed by atoms with Crippen molar-refractivity contribution >= 4 is 27.3 Å². The Morgan fingerprint density at radius 2 is 2.14 bits per heavy atom. The predicted molar refractivity (Wildman–Crippen MR) is 32.1 cm³/mol. The Hall–Kier alpha value is 0.842. The third-order valence-corrected chi connectivity index (χ3v) is 0.440. The fraction of sp³-hybridized carbons (Fsp3) is 1.00. The van der Waals surface area contributed by atoms with Crippen LogP contribution in [0.25, 0.3) is 0 Å². The topological polar surface area (TPSA) is 29.5 Å². The van der Waals surface area contributed by atoms with Crippen molar-refractivity contribution in [1.82, 2.24) is 0 Å². The van der Waals surface area contributed by atoms with Gasteiger partial charge in [0.15, 0.2) is 0 Å². The minimum absolute atomic E-state index is 0. The zero-order chi connectivity index (χ0) is 4.83. The first-order chi connectivity index (χ1) is 2.91. The molecule has 0 saturated heterocycles. The molecule has 0 aromatic rings. The van der Waals surface area contributed by atoms with E-state index in [0.29, 0.717) is 13.2 Å². The summed E-state index contributed by atoms with van der Waals surface area (Å²) in [5.74, 6) is 0. The van der Waals surface area contributed by atoms with Crippen molar-refractivity contribution in [1.29, 1.82) is 0 Å². The summed E-state index contributed by atoms with van der Waals surface area (Å²) in [4.78, 5) is 0. The van der Waals surface area contributed by atoms with Gasteiger partial charge in [-0.25, -0.2) is 0 Å². The Morgan fingerprint density at radius 1 is 1.57 bits per heavy atom. The molecule has 0 rings (SSSR count). The molecule has 3 heteroatoms. The van der Waals surface area contributed by atoms with Gasteiger partial charge in [0, 0.05) is 6.61 Å². The van der Waals surface area contributed by atoms with E-state index in [1.807, 2.05) is 6.92 Å². The summed E-state index contributed by atoms with van der Waals surface area (Å²) in [6.45, 7) is 3.20. The molecule has 0 aliphatic carbocycles. The monoisotopic (exact) mass is 300 g/mol. The first kappa shape index (κ1) is 10.8. The fourth-order valence-corrected chi connectivity index (χ4v) is 0.209. The van der Waals surface area contributed by atoms with E-state index >= 15 is 0 Å². The van der Waals surface area contributed by atoms with Crippen LogP contribution in [0.15, 0.2) is 0 Å². The summed E-state index contributed by atoms with van der Waals surface area (Å²) < 4.78 is 4.73. The Kier molecular flexibility index (Phi) is 15.3. The minimum atomic E-state index is 0. The molecule has 0 heterocycles. The van der Waals surface area contributed by atoms with Gasteiger partial charge in [0.1, 0.15) is 0 Å². The second kappa shape index (κ2) is 9.96. The molecular formula is C4H12O2Pb. The summed E-state index contributed by atoms with van der Waals surface area (Å²) in [5, 5.41) is 8.07. The van der Waals surface area contributed by atoms with Gasteiger partial charge in [-0.3, -0.25) is 0 Å². The van der Waals surface area contributed by atoms with E-state index in [1.54, 1.807) is 0 Å². The molecule has 7 heavy (non-hydrogen) atoms. The van der Waals surface area contributed by atoms with Crippen molar-refractivity contribution in [2.45, 2.75) is 6.92 Å². The van der Waals surface area contributed by atoms with Crippen LogP contribution >= 0.6 is 0 Å². The molecule has 0 bridgehead atoms. The van der Waals surface area contributed by atoms with Crippen molar-refractivity contribution < 1.29 is 9.84 Å². The summed E-state index contributed by atoms with van der Waals surface area (Å²) in [7, 11) is 0. The number of hydrogen-bond acceptors (Lipinski definition) is 2. The average molecular weight is 299 g/mol. The maximum atomic E-state index is 8.07. The van der Waals surface area contributed by atoms with Crippen LogP contribution in [-0.4, -0.2) is 52.2 Å². The van der Waals surface area contributed by atoms with Gasteiger partial charge in [-0.05, 0) is 6.92 Å². The first-order valence-corrected chi connectivity index (χ1v) is 2.10. The normalized spacial score (nSPS) is 7.71. The number of rotatable bonds is 3. The third-order valence-electron chi connectivity index (χ3n) is 0.440. The van der Waals surface area contributed by atoms with Gasteiger partial charge >= 0.3 is 27.3 Å². The predicted octanol–water partition coefficient (Wildman–Crippen LogP) is -0.901. The van der Waals surface area contributed by atoms with Crippen molar-refractivity contribution in [3.8, 4) is 0 Å². The molecule has 0 aliphatic heterocycles. The van der Waals surface area contributed by atoms with Crippen LogP contribution in [0.5, 0.6) is 0 Å².